The van der Waals surface area contributed by atoms with Crippen LogP contribution in [0.3, 0.4) is 0 Å². The summed E-state index contributed by atoms with van der Waals surface area (Å²) >= 11 is 1.73. The van der Waals surface area contributed by atoms with Crippen molar-refractivity contribution >= 4 is 22.1 Å². The second-order valence-electron chi connectivity index (χ2n) is 7.01. The zero-order valence-corrected chi connectivity index (χ0v) is 15.7. The summed E-state index contributed by atoms with van der Waals surface area (Å²) in [6.45, 7) is 7.71. The lowest BCUT2D eigenvalue weighted by Crippen LogP contribution is -2.46. The lowest BCUT2D eigenvalue weighted by Gasteiger charge is -2.30. The van der Waals surface area contributed by atoms with Gasteiger partial charge in [0.05, 0.1) is 24.3 Å². The second kappa shape index (κ2) is 6.72. The van der Waals surface area contributed by atoms with Crippen LogP contribution < -0.4 is 10.6 Å². The largest absolute Gasteiger partial charge is 0.364 e. The average molecular weight is 356 g/mol. The van der Waals surface area contributed by atoms with Crippen LogP contribution in [0, 0.1) is 0 Å². The molecule has 1 saturated heterocycles. The Bertz CT molecular complexity index is 867. The van der Waals surface area contributed by atoms with Crippen molar-refractivity contribution in [2.75, 3.05) is 11.9 Å². The molecule has 4 heterocycles. The number of imidazole rings is 1. The molecule has 0 spiro atoms. The van der Waals surface area contributed by atoms with E-state index >= 15 is 0 Å². The maximum absolute atomic E-state index is 4.79. The molecule has 1 fully saturated rings. The molecule has 1 aliphatic heterocycles. The number of rotatable bonds is 4. The van der Waals surface area contributed by atoms with Crippen LogP contribution in [0.15, 0.2) is 24.8 Å². The summed E-state index contributed by atoms with van der Waals surface area (Å²) in [5, 5.41) is 7.05. The fraction of sp³-hybridized carbons (Fsp3) is 0.500. The topological polar surface area (TPSA) is 67.1 Å². The standard InChI is InChI=1S/C18H24N6S/c1-11(2)16-10-24-15(8-21-18(24)25-16)14-7-19-9-17(23-14)22-13-5-4-6-20-12(13)3/h7-13,20H,4-6H2,1-3H3,(H,22,23). The van der Waals surface area contributed by atoms with Crippen LogP contribution in [0.25, 0.3) is 16.3 Å². The smallest absolute Gasteiger partial charge is 0.194 e. The van der Waals surface area contributed by atoms with Gasteiger partial charge in [0, 0.05) is 23.2 Å². The van der Waals surface area contributed by atoms with E-state index in [4.69, 9.17) is 4.98 Å². The van der Waals surface area contributed by atoms with Gasteiger partial charge in [0.1, 0.15) is 11.5 Å². The van der Waals surface area contributed by atoms with Crippen molar-refractivity contribution in [2.24, 2.45) is 0 Å². The van der Waals surface area contributed by atoms with Crippen molar-refractivity contribution in [2.45, 2.75) is 51.6 Å². The number of hydrogen-bond acceptors (Lipinski definition) is 6. The summed E-state index contributed by atoms with van der Waals surface area (Å²) < 4.78 is 2.12. The van der Waals surface area contributed by atoms with E-state index < -0.39 is 0 Å². The zero-order chi connectivity index (χ0) is 17.4. The van der Waals surface area contributed by atoms with Crippen LogP contribution >= 0.6 is 11.3 Å². The maximum atomic E-state index is 4.79. The first-order valence-electron chi connectivity index (χ1n) is 8.91. The molecular weight excluding hydrogens is 332 g/mol. The highest BCUT2D eigenvalue weighted by molar-refractivity contribution is 7.17. The molecule has 4 rings (SSSR count). The fourth-order valence-electron chi connectivity index (χ4n) is 3.25. The third-order valence-electron chi connectivity index (χ3n) is 4.79. The SMILES string of the molecule is CC(C)c1cn2c(-c3cncc(NC4CCCNC4C)n3)cnc2s1. The number of piperidine rings is 1. The Balaban J connectivity index is 1.63. The van der Waals surface area contributed by atoms with Gasteiger partial charge in [0.25, 0.3) is 0 Å². The summed E-state index contributed by atoms with van der Waals surface area (Å²) in [6.07, 6.45) is 10.0. The molecule has 3 aromatic rings. The third-order valence-corrected chi connectivity index (χ3v) is 6.09. The summed E-state index contributed by atoms with van der Waals surface area (Å²) in [5.74, 6) is 1.33. The predicted octanol–water partition coefficient (Wildman–Crippen LogP) is 3.53. The summed E-state index contributed by atoms with van der Waals surface area (Å²) in [5.41, 5.74) is 1.84. The lowest BCUT2D eigenvalue weighted by molar-refractivity contribution is 0.388. The van der Waals surface area contributed by atoms with Gasteiger partial charge in [-0.15, -0.1) is 11.3 Å². The minimum absolute atomic E-state index is 0.387. The first-order valence-corrected chi connectivity index (χ1v) is 9.72. The van der Waals surface area contributed by atoms with Crippen LogP contribution in [-0.2, 0) is 0 Å². The van der Waals surface area contributed by atoms with Gasteiger partial charge in [0.2, 0.25) is 0 Å². The Kier molecular flexibility index (Phi) is 4.43. The summed E-state index contributed by atoms with van der Waals surface area (Å²) in [4.78, 5) is 16.1. The van der Waals surface area contributed by atoms with Crippen LogP contribution in [0.1, 0.15) is 44.4 Å². The Morgan fingerprint density at radius 1 is 1.32 bits per heavy atom. The van der Waals surface area contributed by atoms with E-state index in [2.05, 4.69) is 52.0 Å². The predicted molar refractivity (Wildman–Crippen MR) is 102 cm³/mol. The molecule has 132 valence electrons. The van der Waals surface area contributed by atoms with E-state index in [-0.39, 0.29) is 0 Å². The van der Waals surface area contributed by atoms with Gasteiger partial charge in [0.15, 0.2) is 4.96 Å². The molecule has 7 heteroatoms. The van der Waals surface area contributed by atoms with Gasteiger partial charge in [-0.1, -0.05) is 13.8 Å². The molecule has 0 bridgehead atoms. The number of anilines is 1. The molecule has 1 aliphatic rings. The highest BCUT2D eigenvalue weighted by atomic mass is 32.1. The van der Waals surface area contributed by atoms with Gasteiger partial charge in [-0.25, -0.2) is 9.97 Å². The van der Waals surface area contributed by atoms with E-state index in [9.17, 15) is 0 Å². The highest BCUT2D eigenvalue weighted by Crippen LogP contribution is 2.29. The van der Waals surface area contributed by atoms with E-state index in [1.54, 1.807) is 17.5 Å². The molecule has 0 aliphatic carbocycles. The second-order valence-corrected chi connectivity index (χ2v) is 8.05. The highest BCUT2D eigenvalue weighted by Gasteiger charge is 2.21. The molecule has 2 unspecified atom stereocenters. The van der Waals surface area contributed by atoms with Crippen molar-refractivity contribution in [3.05, 3.63) is 29.7 Å². The van der Waals surface area contributed by atoms with Crippen molar-refractivity contribution in [3.63, 3.8) is 0 Å². The molecule has 0 aromatic carbocycles. The van der Waals surface area contributed by atoms with Gasteiger partial charge >= 0.3 is 0 Å². The number of nitrogens with zero attached hydrogens (tertiary/aromatic N) is 4. The minimum atomic E-state index is 0.387. The molecule has 0 amide bonds. The normalized spacial score (nSPS) is 21.1. The number of thiazole rings is 1. The first kappa shape index (κ1) is 16.5. The molecule has 6 nitrogen and oxygen atoms in total. The lowest BCUT2D eigenvalue weighted by atomic mass is 10.00. The number of aromatic nitrogens is 4. The molecular formula is C18H24N6S. The van der Waals surface area contributed by atoms with E-state index in [0.717, 1.165) is 35.1 Å². The van der Waals surface area contributed by atoms with E-state index in [1.165, 1.54) is 11.3 Å². The molecule has 25 heavy (non-hydrogen) atoms. The monoisotopic (exact) mass is 356 g/mol. The van der Waals surface area contributed by atoms with Crippen molar-refractivity contribution < 1.29 is 0 Å². The van der Waals surface area contributed by atoms with Crippen LogP contribution in [0.4, 0.5) is 5.82 Å². The Labute approximate surface area is 151 Å². The molecule has 0 radical (unpaired) electrons. The van der Waals surface area contributed by atoms with Gasteiger partial charge in [-0.2, -0.15) is 0 Å². The summed E-state index contributed by atoms with van der Waals surface area (Å²) in [7, 11) is 0. The van der Waals surface area contributed by atoms with Crippen LogP contribution in [-0.4, -0.2) is 38.0 Å². The fourth-order valence-corrected chi connectivity index (χ4v) is 4.21. The Morgan fingerprint density at radius 2 is 2.20 bits per heavy atom. The molecule has 2 N–H and O–H groups in total. The van der Waals surface area contributed by atoms with Crippen LogP contribution in [0.2, 0.25) is 0 Å². The van der Waals surface area contributed by atoms with Crippen LogP contribution in [0.5, 0.6) is 0 Å². The van der Waals surface area contributed by atoms with Gasteiger partial charge < -0.3 is 10.6 Å². The van der Waals surface area contributed by atoms with E-state index in [0.29, 0.717) is 18.0 Å². The number of nitrogens with one attached hydrogen (secondary N) is 2. The van der Waals surface area contributed by atoms with Gasteiger partial charge in [-0.3, -0.25) is 9.38 Å². The van der Waals surface area contributed by atoms with Gasteiger partial charge in [-0.05, 0) is 32.2 Å². The van der Waals surface area contributed by atoms with Crippen molar-refractivity contribution in [1.82, 2.24) is 24.7 Å². The molecule has 0 saturated carbocycles. The maximum Gasteiger partial charge on any atom is 0.194 e. The van der Waals surface area contributed by atoms with Crippen molar-refractivity contribution in [3.8, 4) is 11.4 Å². The number of hydrogen-bond donors (Lipinski definition) is 2. The average Bonchev–Trinajstić information content (AvgIpc) is 3.18. The molecule has 2 atom stereocenters. The summed E-state index contributed by atoms with van der Waals surface area (Å²) in [6, 6.07) is 0.823. The minimum Gasteiger partial charge on any atom is -0.364 e. The van der Waals surface area contributed by atoms with Crippen molar-refractivity contribution in [1.29, 1.82) is 0 Å². The Hall–Kier alpha value is -1.99. The quantitative estimate of drug-likeness (QED) is 0.748. The Morgan fingerprint density at radius 3 is 3.00 bits per heavy atom. The first-order chi connectivity index (χ1) is 12.1. The third kappa shape index (κ3) is 3.26. The van der Waals surface area contributed by atoms with E-state index in [1.807, 2.05) is 12.4 Å². The zero-order valence-electron chi connectivity index (χ0n) is 14.9. The number of fused-ring (bicyclic) bond motifs is 1. The molecule has 3 aromatic heterocycles.